The van der Waals surface area contributed by atoms with Crippen molar-refractivity contribution >= 4 is 5.82 Å². The molecule has 1 saturated heterocycles. The minimum Gasteiger partial charge on any atom is -0.350 e. The number of hydrogen-bond acceptors (Lipinski definition) is 4. The maximum Gasteiger partial charge on any atom is 0.150 e. The molecule has 2 rings (SSSR count). The largest absolute Gasteiger partial charge is 0.350 e. The van der Waals surface area contributed by atoms with E-state index in [1.807, 2.05) is 6.92 Å². The first-order valence-electron chi connectivity index (χ1n) is 5.04. The van der Waals surface area contributed by atoms with Gasteiger partial charge in [0.05, 0.1) is 5.69 Å². The zero-order valence-corrected chi connectivity index (χ0v) is 8.70. The Morgan fingerprint density at radius 1 is 1.43 bits per heavy atom. The summed E-state index contributed by atoms with van der Waals surface area (Å²) in [5.74, 6) is 1.03. The molecule has 0 aromatic carbocycles. The van der Waals surface area contributed by atoms with E-state index in [1.54, 1.807) is 12.4 Å². The number of nitrogens with one attached hydrogen (secondary N) is 1. The van der Waals surface area contributed by atoms with Gasteiger partial charge in [-0.2, -0.15) is 0 Å². The van der Waals surface area contributed by atoms with Crippen molar-refractivity contribution in [2.24, 2.45) is 0 Å². The van der Waals surface area contributed by atoms with Crippen LogP contribution >= 0.6 is 0 Å². The zero-order chi connectivity index (χ0) is 9.97. The van der Waals surface area contributed by atoms with Gasteiger partial charge in [0.15, 0.2) is 0 Å². The summed E-state index contributed by atoms with van der Waals surface area (Å²) in [7, 11) is 0. The molecule has 1 aliphatic rings. The van der Waals surface area contributed by atoms with E-state index in [0.717, 1.165) is 31.1 Å². The van der Waals surface area contributed by atoms with Gasteiger partial charge in [0.25, 0.3) is 0 Å². The Balaban J connectivity index is 2.25. The van der Waals surface area contributed by atoms with Gasteiger partial charge >= 0.3 is 0 Å². The van der Waals surface area contributed by atoms with Gasteiger partial charge in [-0.1, -0.05) is 0 Å². The maximum absolute atomic E-state index is 4.39. The number of aromatic nitrogens is 2. The lowest BCUT2D eigenvalue weighted by Gasteiger charge is -2.35. The Kier molecular flexibility index (Phi) is 2.63. The van der Waals surface area contributed by atoms with Crippen LogP contribution in [-0.4, -0.2) is 35.6 Å². The fourth-order valence-corrected chi connectivity index (χ4v) is 1.84. The smallest absolute Gasteiger partial charge is 0.150 e. The second kappa shape index (κ2) is 3.92. The molecule has 1 aromatic rings. The molecule has 1 atom stereocenters. The van der Waals surface area contributed by atoms with E-state index in [1.165, 1.54) is 0 Å². The van der Waals surface area contributed by atoms with E-state index in [0.29, 0.717) is 6.04 Å². The van der Waals surface area contributed by atoms with Gasteiger partial charge in [0.2, 0.25) is 0 Å². The standard InChI is InChI=1S/C10H16N4/c1-8-7-11-5-6-14(8)10-9(2)12-3-4-13-10/h3-4,8,11H,5-7H2,1-2H3/t8-/m0/s1. The second-order valence-electron chi connectivity index (χ2n) is 3.71. The van der Waals surface area contributed by atoms with Crippen molar-refractivity contribution in [2.45, 2.75) is 19.9 Å². The van der Waals surface area contributed by atoms with Crippen LogP contribution in [0.15, 0.2) is 12.4 Å². The molecule has 0 radical (unpaired) electrons. The minimum absolute atomic E-state index is 0.499. The summed E-state index contributed by atoms with van der Waals surface area (Å²) in [6, 6.07) is 0.499. The average Bonchev–Trinajstić information content (AvgIpc) is 2.20. The van der Waals surface area contributed by atoms with Crippen LogP contribution in [0.25, 0.3) is 0 Å². The van der Waals surface area contributed by atoms with Crippen molar-refractivity contribution in [3.05, 3.63) is 18.1 Å². The second-order valence-corrected chi connectivity index (χ2v) is 3.71. The molecule has 1 fully saturated rings. The van der Waals surface area contributed by atoms with Gasteiger partial charge in [-0.25, -0.2) is 4.98 Å². The van der Waals surface area contributed by atoms with E-state index in [-0.39, 0.29) is 0 Å². The summed E-state index contributed by atoms with van der Waals surface area (Å²) in [6.45, 7) is 7.29. The number of aryl methyl sites for hydroxylation is 1. The van der Waals surface area contributed by atoms with Crippen molar-refractivity contribution in [2.75, 3.05) is 24.5 Å². The third-order valence-corrected chi connectivity index (χ3v) is 2.63. The van der Waals surface area contributed by atoms with Gasteiger partial charge in [0.1, 0.15) is 5.82 Å². The van der Waals surface area contributed by atoms with E-state index < -0.39 is 0 Å². The summed E-state index contributed by atoms with van der Waals surface area (Å²) in [5.41, 5.74) is 1.02. The third-order valence-electron chi connectivity index (χ3n) is 2.63. The highest BCUT2D eigenvalue weighted by Crippen LogP contribution is 2.17. The lowest BCUT2D eigenvalue weighted by atomic mass is 10.2. The lowest BCUT2D eigenvalue weighted by molar-refractivity contribution is 0.495. The molecule has 1 aliphatic heterocycles. The molecule has 0 spiro atoms. The van der Waals surface area contributed by atoms with E-state index in [4.69, 9.17) is 0 Å². The van der Waals surface area contributed by atoms with E-state index >= 15 is 0 Å². The van der Waals surface area contributed by atoms with Crippen LogP contribution in [0.5, 0.6) is 0 Å². The summed E-state index contributed by atoms with van der Waals surface area (Å²) in [6.07, 6.45) is 3.50. The van der Waals surface area contributed by atoms with E-state index in [9.17, 15) is 0 Å². The normalized spacial score (nSPS) is 22.4. The molecule has 1 N–H and O–H groups in total. The average molecular weight is 192 g/mol. The van der Waals surface area contributed by atoms with Crippen molar-refractivity contribution in [1.29, 1.82) is 0 Å². The molecule has 4 heteroatoms. The Labute approximate surface area is 84.4 Å². The summed E-state index contributed by atoms with van der Waals surface area (Å²) in [5, 5.41) is 3.36. The highest BCUT2D eigenvalue weighted by molar-refractivity contribution is 5.43. The minimum atomic E-state index is 0.499. The fourth-order valence-electron chi connectivity index (χ4n) is 1.84. The van der Waals surface area contributed by atoms with E-state index in [2.05, 4.69) is 27.1 Å². The summed E-state index contributed by atoms with van der Waals surface area (Å²) < 4.78 is 0. The Morgan fingerprint density at radius 2 is 2.21 bits per heavy atom. The Bertz CT molecular complexity index is 313. The molecule has 1 aromatic heterocycles. The first-order valence-corrected chi connectivity index (χ1v) is 5.04. The predicted octanol–water partition coefficient (Wildman–Crippen LogP) is 0.583. The number of hydrogen-bond donors (Lipinski definition) is 1. The fraction of sp³-hybridized carbons (Fsp3) is 0.600. The highest BCUT2D eigenvalue weighted by atomic mass is 15.3. The molecule has 2 heterocycles. The molecule has 0 unspecified atom stereocenters. The number of nitrogens with zero attached hydrogens (tertiary/aromatic N) is 3. The SMILES string of the molecule is Cc1nccnc1N1CCNC[C@@H]1C. The number of rotatable bonds is 1. The van der Waals surface area contributed by atoms with Crippen molar-refractivity contribution < 1.29 is 0 Å². The molecule has 4 nitrogen and oxygen atoms in total. The molecular formula is C10H16N4. The third kappa shape index (κ3) is 1.70. The molecule has 0 bridgehead atoms. The Morgan fingerprint density at radius 3 is 2.93 bits per heavy atom. The van der Waals surface area contributed by atoms with Crippen LogP contribution < -0.4 is 10.2 Å². The van der Waals surface area contributed by atoms with Crippen molar-refractivity contribution in [3.63, 3.8) is 0 Å². The predicted molar refractivity (Wildman–Crippen MR) is 56.4 cm³/mol. The summed E-state index contributed by atoms with van der Waals surface area (Å²) in [4.78, 5) is 11.0. The zero-order valence-electron chi connectivity index (χ0n) is 8.70. The van der Waals surface area contributed by atoms with Gasteiger partial charge in [0, 0.05) is 38.1 Å². The highest BCUT2D eigenvalue weighted by Gasteiger charge is 2.20. The molecule has 14 heavy (non-hydrogen) atoms. The van der Waals surface area contributed by atoms with Gasteiger partial charge < -0.3 is 10.2 Å². The lowest BCUT2D eigenvalue weighted by Crippen LogP contribution is -2.50. The molecule has 0 amide bonds. The van der Waals surface area contributed by atoms with Crippen LogP contribution in [-0.2, 0) is 0 Å². The van der Waals surface area contributed by atoms with Crippen LogP contribution in [0.3, 0.4) is 0 Å². The molecular weight excluding hydrogens is 176 g/mol. The number of anilines is 1. The van der Waals surface area contributed by atoms with Crippen LogP contribution in [0.4, 0.5) is 5.82 Å². The van der Waals surface area contributed by atoms with Crippen molar-refractivity contribution in [1.82, 2.24) is 15.3 Å². The van der Waals surface area contributed by atoms with Crippen LogP contribution in [0.1, 0.15) is 12.6 Å². The van der Waals surface area contributed by atoms with Crippen molar-refractivity contribution in [3.8, 4) is 0 Å². The first-order chi connectivity index (χ1) is 6.79. The molecule has 0 saturated carbocycles. The van der Waals surface area contributed by atoms with Gasteiger partial charge in [-0.05, 0) is 13.8 Å². The quantitative estimate of drug-likeness (QED) is 0.707. The topological polar surface area (TPSA) is 41.1 Å². The van der Waals surface area contributed by atoms with Crippen LogP contribution in [0.2, 0.25) is 0 Å². The Hall–Kier alpha value is -1.16. The molecule has 0 aliphatic carbocycles. The van der Waals surface area contributed by atoms with Gasteiger partial charge in [-0.15, -0.1) is 0 Å². The summed E-state index contributed by atoms with van der Waals surface area (Å²) >= 11 is 0. The monoisotopic (exact) mass is 192 g/mol. The molecule has 76 valence electrons. The van der Waals surface area contributed by atoms with Gasteiger partial charge in [-0.3, -0.25) is 4.98 Å². The van der Waals surface area contributed by atoms with Crippen LogP contribution in [0, 0.1) is 6.92 Å². The first kappa shape index (κ1) is 9.40. The number of piperazine rings is 1. The maximum atomic E-state index is 4.39.